The third-order valence-electron chi connectivity index (χ3n) is 3.60. The van der Waals surface area contributed by atoms with Crippen LogP contribution in [-0.2, 0) is 5.41 Å². The van der Waals surface area contributed by atoms with Gasteiger partial charge in [0.1, 0.15) is 0 Å². The molecule has 0 radical (unpaired) electrons. The summed E-state index contributed by atoms with van der Waals surface area (Å²) in [4.78, 5) is 0. The van der Waals surface area contributed by atoms with Crippen LogP contribution < -0.4 is 0 Å². The Bertz CT molecular complexity index is 1110. The van der Waals surface area contributed by atoms with Crippen molar-refractivity contribution >= 4 is 0 Å². The molecule has 0 unspecified atom stereocenters. The molecule has 0 heteroatoms. The molecule has 116 valence electrons. The van der Waals surface area contributed by atoms with Gasteiger partial charge in [0.25, 0.3) is 0 Å². The summed E-state index contributed by atoms with van der Waals surface area (Å²) in [7, 11) is 0. The lowest BCUT2D eigenvalue weighted by molar-refractivity contribution is 0.593. The Hall–Kier alpha value is -2.34. The fraction of sp³-hybridized carbons (Fsp3) is 0.217. The molecule has 0 aliphatic heterocycles. The summed E-state index contributed by atoms with van der Waals surface area (Å²) < 4.78 is 74.1. The van der Waals surface area contributed by atoms with Gasteiger partial charge >= 0.3 is 0 Å². The zero-order valence-electron chi connectivity index (χ0n) is 22.7. The van der Waals surface area contributed by atoms with Crippen LogP contribution in [-0.4, -0.2) is 0 Å². The Morgan fingerprint density at radius 2 is 1.39 bits per heavy atom. The summed E-state index contributed by atoms with van der Waals surface area (Å²) in [6.07, 6.45) is 0. The van der Waals surface area contributed by atoms with E-state index < -0.39 is 23.5 Å². The second-order valence-corrected chi connectivity index (χ2v) is 6.48. The molecule has 0 nitrogen and oxygen atoms in total. The normalized spacial score (nSPS) is 17.0. The third-order valence-corrected chi connectivity index (χ3v) is 3.60. The summed E-state index contributed by atoms with van der Waals surface area (Å²) >= 11 is 0. The zero-order chi connectivity index (χ0) is 24.3. The molecule has 3 aromatic rings. The maximum Gasteiger partial charge on any atom is 0.0632 e. The molecule has 3 rings (SSSR count). The lowest BCUT2D eigenvalue weighted by atomic mass is 9.77. The maximum atomic E-state index is 8.59. The second-order valence-electron chi connectivity index (χ2n) is 6.48. The number of rotatable bonds is 2. The number of hydrogen-bond acceptors (Lipinski definition) is 0. The summed E-state index contributed by atoms with van der Waals surface area (Å²) in [5, 5.41) is 0. The molecule has 0 aliphatic rings. The molecule has 23 heavy (non-hydrogen) atoms. The van der Waals surface area contributed by atoms with E-state index in [4.69, 9.17) is 12.3 Å². The average Bonchev–Trinajstić information content (AvgIpc) is 2.73. The maximum absolute atomic E-state index is 8.59. The highest BCUT2D eigenvalue weighted by Gasteiger charge is 2.23. The summed E-state index contributed by atoms with van der Waals surface area (Å²) in [6, 6.07) is 2.36. The van der Waals surface area contributed by atoms with Crippen molar-refractivity contribution in [1.29, 1.82) is 0 Å². The van der Waals surface area contributed by atoms with E-state index in [-0.39, 0.29) is 52.9 Å². The van der Waals surface area contributed by atoms with Crippen molar-refractivity contribution in [3.05, 3.63) is 83.7 Å². The monoisotopic (exact) mass is 309 g/mol. The first-order valence-corrected chi connectivity index (χ1v) is 7.49. The Balaban J connectivity index is 2.55. The molecule has 0 fully saturated rings. The summed E-state index contributed by atoms with van der Waals surface area (Å²) in [6.45, 7) is 7.30. The van der Waals surface area contributed by atoms with Crippen molar-refractivity contribution < 1.29 is 12.3 Å². The van der Waals surface area contributed by atoms with Crippen LogP contribution in [0.5, 0.6) is 0 Å². The predicted octanol–water partition coefficient (Wildman–Crippen LogP) is 6.63. The van der Waals surface area contributed by atoms with E-state index >= 15 is 0 Å². The molecule has 0 heterocycles. The molecule has 0 aromatic heterocycles. The van der Waals surface area contributed by atoms with E-state index in [1.807, 2.05) is 20.8 Å². The molecule has 0 spiro atoms. The van der Waals surface area contributed by atoms with E-state index in [1.54, 1.807) is 25.1 Å². The van der Waals surface area contributed by atoms with Crippen molar-refractivity contribution in [2.75, 3.05) is 0 Å². The molecule has 0 atom stereocenters. The highest BCUT2D eigenvalue weighted by molar-refractivity contribution is 5.80. The topological polar surface area (TPSA) is 0 Å². The average molecular weight is 309 g/mol. The van der Waals surface area contributed by atoms with E-state index in [0.717, 1.165) is 0 Å². The lowest BCUT2D eigenvalue weighted by Gasteiger charge is -2.27. The van der Waals surface area contributed by atoms with Crippen molar-refractivity contribution in [3.8, 4) is 22.3 Å². The van der Waals surface area contributed by atoms with Crippen LogP contribution in [0.2, 0.25) is 0 Å². The number of hydrogen-bond donors (Lipinski definition) is 0. The highest BCUT2D eigenvalue weighted by atomic mass is 14.3. The Morgan fingerprint density at radius 3 is 2.04 bits per heavy atom. The first-order chi connectivity index (χ1) is 14.7. The second kappa shape index (κ2) is 6.04. The quantitative estimate of drug-likeness (QED) is 0.498. The molecular weight excluding hydrogens is 276 g/mol. The van der Waals surface area contributed by atoms with Gasteiger partial charge in [-0.15, -0.1) is 0 Å². The predicted molar refractivity (Wildman–Crippen MR) is 101 cm³/mol. The minimum Gasteiger partial charge on any atom is -0.0622 e. The van der Waals surface area contributed by atoms with Crippen LogP contribution >= 0.6 is 0 Å². The van der Waals surface area contributed by atoms with Crippen LogP contribution in [0.25, 0.3) is 22.3 Å². The highest BCUT2D eigenvalue weighted by Crippen LogP contribution is 2.40. The van der Waals surface area contributed by atoms with Gasteiger partial charge < -0.3 is 0 Å². The van der Waals surface area contributed by atoms with Gasteiger partial charge in [0.15, 0.2) is 0 Å². The van der Waals surface area contributed by atoms with Gasteiger partial charge in [-0.25, -0.2) is 0 Å². The van der Waals surface area contributed by atoms with Gasteiger partial charge in [0.05, 0.1) is 12.3 Å². The van der Waals surface area contributed by atoms with Gasteiger partial charge in [0.2, 0.25) is 0 Å². The van der Waals surface area contributed by atoms with E-state index in [1.165, 1.54) is 0 Å². The standard InChI is InChI=1S/C23H24/c1-17-10-8-13-19(16-17)21-15-9-14-20(22(21)23(2,3)4)18-11-6-5-7-12-18/h5-16H,1-4H3/i5D,6D,7D,8D,10D,11D,12D,13D,16D. The van der Waals surface area contributed by atoms with Crippen molar-refractivity contribution in [2.24, 2.45) is 0 Å². The Labute approximate surface area is 152 Å². The molecule has 0 aliphatic carbocycles. The molecule has 0 saturated carbocycles. The van der Waals surface area contributed by atoms with Crippen LogP contribution in [0, 0.1) is 6.92 Å². The molecule has 0 amide bonds. The van der Waals surface area contributed by atoms with Crippen LogP contribution in [0.4, 0.5) is 0 Å². The SMILES string of the molecule is [2H]c1c([2H])c([2H])c(-c2cccc(-c3c([2H])c([2H])c([2H])c(C)c3[2H])c2C(C)(C)C)c([2H])c1[2H]. The van der Waals surface area contributed by atoms with E-state index in [0.29, 0.717) is 16.7 Å². The van der Waals surface area contributed by atoms with Crippen LogP contribution in [0.15, 0.2) is 72.6 Å². The van der Waals surface area contributed by atoms with Gasteiger partial charge in [-0.3, -0.25) is 0 Å². The van der Waals surface area contributed by atoms with Gasteiger partial charge in [-0.05, 0) is 40.2 Å². The third kappa shape index (κ3) is 3.22. The molecule has 0 saturated heterocycles. The summed E-state index contributed by atoms with van der Waals surface area (Å²) in [5.41, 5.74) is 1.46. The molecular formula is C23H24. The van der Waals surface area contributed by atoms with Crippen LogP contribution in [0.1, 0.15) is 44.2 Å². The largest absolute Gasteiger partial charge is 0.0632 e. The van der Waals surface area contributed by atoms with Gasteiger partial charge in [-0.2, -0.15) is 0 Å². The number of benzene rings is 3. The first kappa shape index (κ1) is 7.97. The molecule has 3 aromatic carbocycles. The first-order valence-electron chi connectivity index (χ1n) is 12.0. The van der Waals surface area contributed by atoms with Gasteiger partial charge in [0, 0.05) is 0 Å². The molecule has 0 N–H and O–H groups in total. The Morgan fingerprint density at radius 1 is 0.783 bits per heavy atom. The zero-order valence-corrected chi connectivity index (χ0v) is 13.7. The van der Waals surface area contributed by atoms with Crippen molar-refractivity contribution in [1.82, 2.24) is 0 Å². The lowest BCUT2D eigenvalue weighted by Crippen LogP contribution is -2.14. The van der Waals surface area contributed by atoms with Crippen LogP contribution in [0.3, 0.4) is 0 Å². The van der Waals surface area contributed by atoms with E-state index in [9.17, 15) is 0 Å². The summed E-state index contributed by atoms with van der Waals surface area (Å²) in [5.74, 6) is 0. The van der Waals surface area contributed by atoms with Crippen molar-refractivity contribution in [2.45, 2.75) is 33.1 Å². The van der Waals surface area contributed by atoms with E-state index in [2.05, 4.69) is 0 Å². The fourth-order valence-corrected chi connectivity index (χ4v) is 2.73. The smallest absolute Gasteiger partial charge is 0.0622 e. The fourth-order valence-electron chi connectivity index (χ4n) is 2.73. The minimum absolute atomic E-state index is 0.0280. The van der Waals surface area contributed by atoms with Crippen molar-refractivity contribution in [3.63, 3.8) is 0 Å². The minimum atomic E-state index is -0.594. The molecule has 0 bridgehead atoms. The van der Waals surface area contributed by atoms with Gasteiger partial charge in [-0.1, -0.05) is 98.9 Å². The Kier molecular flexibility index (Phi) is 2.09.